The molecule has 0 radical (unpaired) electrons. The monoisotopic (exact) mass is 808 g/mol. The van der Waals surface area contributed by atoms with Crippen LogP contribution in [0.5, 0.6) is 0 Å². The zero-order valence-electron chi connectivity index (χ0n) is 51.4. The van der Waals surface area contributed by atoms with Crippen molar-refractivity contribution in [2.45, 2.75) is 0 Å². The molecule has 2 nitrogen and oxygen atoms in total. The van der Waals surface area contributed by atoms with E-state index in [0.717, 1.165) is 26.4 Å². The molecule has 1 aromatic heterocycles. The van der Waals surface area contributed by atoms with Crippen LogP contribution in [0.4, 0.5) is 17.1 Å². The number of para-hydroxylation sites is 1. The van der Waals surface area contributed by atoms with Crippen molar-refractivity contribution >= 4 is 71.3 Å². The van der Waals surface area contributed by atoms with Crippen LogP contribution in [0.1, 0.15) is 26.0 Å². The molecule has 0 unspecified atom stereocenters. The predicted octanol–water partition coefficient (Wildman–Crippen LogP) is 17.2. The average molecular weight is 809 g/mol. The lowest BCUT2D eigenvalue weighted by Crippen LogP contribution is -2.11. The lowest BCUT2D eigenvalue weighted by atomic mass is 9.95. The molecule has 0 aliphatic carbocycles. The quantitative estimate of drug-likeness (QED) is 0.159. The van der Waals surface area contributed by atoms with Gasteiger partial charge in [0, 0.05) is 27.7 Å². The van der Waals surface area contributed by atoms with Gasteiger partial charge in [-0.1, -0.05) is 188 Å². The summed E-state index contributed by atoms with van der Waals surface area (Å²) in [5.74, 6) is 0. The summed E-state index contributed by atoms with van der Waals surface area (Å²) < 4.78 is 182. The van der Waals surface area contributed by atoms with Gasteiger partial charge in [0.25, 0.3) is 0 Å². The van der Waals surface area contributed by atoms with Gasteiger partial charge in [-0.2, -0.15) is 0 Å². The van der Waals surface area contributed by atoms with E-state index < -0.39 is 159 Å². The first-order valence-electron chi connectivity index (χ1n) is 29.2. The summed E-state index contributed by atoms with van der Waals surface area (Å²) in [5.41, 5.74) is -1.29. The normalized spacial score (nSPS) is 15.8. The Morgan fingerprint density at radius 1 is 0.339 bits per heavy atom. The summed E-state index contributed by atoms with van der Waals surface area (Å²) in [6.45, 7) is 0. The van der Waals surface area contributed by atoms with E-state index in [0.29, 0.717) is 38.6 Å². The Balaban J connectivity index is 1.14. The van der Waals surface area contributed by atoms with Gasteiger partial charge >= 0.3 is 0 Å². The second-order valence-corrected chi connectivity index (χ2v) is 14.6. The van der Waals surface area contributed by atoms with E-state index in [1.165, 1.54) is 0 Å². The molecule has 0 saturated heterocycles. The van der Waals surface area contributed by atoms with E-state index in [1.807, 2.05) is 60.7 Å². The second kappa shape index (κ2) is 14.8. The van der Waals surface area contributed by atoms with Crippen LogP contribution in [0.15, 0.2) is 241 Å². The maximum absolute atomic E-state index is 9.89. The minimum atomic E-state index is -0.937. The largest absolute Gasteiger partial charge is 0.456 e. The summed E-state index contributed by atoms with van der Waals surface area (Å²) in [6, 6.07) is 21.5. The van der Waals surface area contributed by atoms with E-state index in [9.17, 15) is 16.4 Å². The minimum Gasteiger partial charge on any atom is -0.456 e. The van der Waals surface area contributed by atoms with Crippen LogP contribution in [0.25, 0.3) is 98.8 Å². The lowest BCUT2D eigenvalue weighted by molar-refractivity contribution is 0.669. The standard InChI is InChI=1S/C60H39NO/c1-2-15-47-39-59-56(38-46(47)14-1)60-55(23-11-25-58(60)62-59)54-20-7-8-24-57(54)61(49-36-32-45(33-37-49)53-22-10-17-43-13-4-6-19-51(43)53)48-34-30-41(31-35-48)40-26-28-44(29-27-40)52-21-9-16-42-12-3-5-18-50(42)52/h1-39H/i3D,5D,9D,12D,16D,18D,21D,26D,27D,28D,29D,30D,31D,32D,33D,34D,35D,36D,37D. The summed E-state index contributed by atoms with van der Waals surface area (Å²) in [5, 5.41) is 3.66. The van der Waals surface area contributed by atoms with Crippen molar-refractivity contribution < 1.29 is 30.5 Å². The number of rotatable bonds is 7. The van der Waals surface area contributed by atoms with Crippen LogP contribution >= 0.6 is 0 Å². The highest BCUT2D eigenvalue weighted by molar-refractivity contribution is 6.16. The first kappa shape index (κ1) is 21.4. The van der Waals surface area contributed by atoms with Crippen molar-refractivity contribution in [3.63, 3.8) is 0 Å². The van der Waals surface area contributed by atoms with Gasteiger partial charge < -0.3 is 9.32 Å². The van der Waals surface area contributed by atoms with Gasteiger partial charge in [-0.05, 0) is 120 Å². The van der Waals surface area contributed by atoms with Crippen LogP contribution in [0.3, 0.4) is 0 Å². The Bertz CT molecular complexity index is 4680. The molecule has 0 aliphatic heterocycles. The van der Waals surface area contributed by atoms with Crippen molar-refractivity contribution in [3.8, 4) is 44.5 Å². The molecule has 290 valence electrons. The highest BCUT2D eigenvalue weighted by Crippen LogP contribution is 2.46. The molecule has 1 heterocycles. The molecule has 0 atom stereocenters. The van der Waals surface area contributed by atoms with E-state index in [2.05, 4.69) is 0 Å². The summed E-state index contributed by atoms with van der Waals surface area (Å²) in [4.78, 5) is 1.15. The highest BCUT2D eigenvalue weighted by Gasteiger charge is 2.21. The number of benzene rings is 11. The molecule has 0 amide bonds. The second-order valence-electron chi connectivity index (χ2n) is 14.6. The van der Waals surface area contributed by atoms with Crippen molar-refractivity contribution in [3.05, 3.63) is 236 Å². The smallest absolute Gasteiger partial charge is 0.136 e. The van der Waals surface area contributed by atoms with Gasteiger partial charge in [-0.15, -0.1) is 0 Å². The zero-order valence-corrected chi connectivity index (χ0v) is 32.4. The number of anilines is 3. The zero-order chi connectivity index (χ0) is 57.5. The summed E-state index contributed by atoms with van der Waals surface area (Å²) >= 11 is 0. The molecule has 0 N–H and O–H groups in total. The predicted molar refractivity (Wildman–Crippen MR) is 263 cm³/mol. The topological polar surface area (TPSA) is 16.4 Å². The first-order chi connectivity index (χ1) is 38.7. The Kier molecular flexibility index (Phi) is 5.10. The Morgan fingerprint density at radius 3 is 1.71 bits per heavy atom. The van der Waals surface area contributed by atoms with Crippen molar-refractivity contribution in [1.29, 1.82) is 0 Å². The SMILES string of the molecule is [2H]c1c([2H])c(-c2c([2H])c([2H])c([2H])c3c([2H])c([2H])c([2H])c([2H])c23)c([2H])c([2H])c1-c1c([2H])c([2H])c(N(c2ccccc2-c2cccc3oc4cc5ccccc5cc4c23)c2c([2H])c([2H])c(-c3cccc4ccccc34)c([2H])c2[2H])c([2H])c1[2H]. The molecule has 0 bridgehead atoms. The summed E-state index contributed by atoms with van der Waals surface area (Å²) in [6.07, 6.45) is 0. The molecular formula is C60H39NO. The van der Waals surface area contributed by atoms with E-state index in [4.69, 9.17) is 14.0 Å². The van der Waals surface area contributed by atoms with Crippen LogP contribution in [-0.4, -0.2) is 0 Å². The van der Waals surface area contributed by atoms with Crippen molar-refractivity contribution in [1.82, 2.24) is 0 Å². The maximum Gasteiger partial charge on any atom is 0.136 e. The molecule has 12 aromatic rings. The highest BCUT2D eigenvalue weighted by atomic mass is 16.3. The van der Waals surface area contributed by atoms with Crippen LogP contribution in [-0.2, 0) is 0 Å². The first-order valence-corrected chi connectivity index (χ1v) is 19.7. The van der Waals surface area contributed by atoms with Crippen LogP contribution in [0, 0.1) is 0 Å². The molecule has 0 spiro atoms. The number of hydrogen-bond acceptors (Lipinski definition) is 2. The molecule has 2 heteroatoms. The Hall–Kier alpha value is -8.20. The fourth-order valence-electron chi connectivity index (χ4n) is 8.09. The Morgan fingerprint density at radius 2 is 0.903 bits per heavy atom. The van der Waals surface area contributed by atoms with Gasteiger partial charge in [0.15, 0.2) is 0 Å². The van der Waals surface area contributed by atoms with E-state index in [-0.39, 0.29) is 11.3 Å². The molecule has 0 aliphatic rings. The van der Waals surface area contributed by atoms with Gasteiger partial charge in [0.05, 0.1) is 31.7 Å². The van der Waals surface area contributed by atoms with Gasteiger partial charge in [-0.3, -0.25) is 0 Å². The third-order valence-electron chi connectivity index (χ3n) is 11.0. The maximum atomic E-state index is 9.89. The number of nitrogens with zero attached hydrogens (tertiary/aromatic N) is 1. The van der Waals surface area contributed by atoms with Crippen molar-refractivity contribution in [2.24, 2.45) is 0 Å². The molecule has 11 aromatic carbocycles. The molecule has 12 rings (SSSR count). The van der Waals surface area contributed by atoms with Gasteiger partial charge in [0.2, 0.25) is 0 Å². The fourth-order valence-corrected chi connectivity index (χ4v) is 8.09. The molecule has 0 saturated carbocycles. The summed E-state index contributed by atoms with van der Waals surface area (Å²) in [7, 11) is 0. The number of fused-ring (bicyclic) bond motifs is 6. The number of furan rings is 1. The fraction of sp³-hybridized carbons (Fsp3) is 0. The van der Waals surface area contributed by atoms with Gasteiger partial charge in [0.1, 0.15) is 11.2 Å². The van der Waals surface area contributed by atoms with Crippen molar-refractivity contribution in [2.75, 3.05) is 4.90 Å². The Labute approximate surface area is 386 Å². The minimum absolute atomic E-state index is 0.0391. The van der Waals surface area contributed by atoms with Crippen LogP contribution < -0.4 is 4.90 Å². The van der Waals surface area contributed by atoms with Gasteiger partial charge in [-0.25, -0.2) is 0 Å². The molecular weight excluding hydrogens is 751 g/mol. The third-order valence-corrected chi connectivity index (χ3v) is 11.0. The lowest BCUT2D eigenvalue weighted by Gasteiger charge is -2.28. The average Bonchev–Trinajstić information content (AvgIpc) is 2.91. The third kappa shape index (κ3) is 6.12. The molecule has 62 heavy (non-hydrogen) atoms. The van der Waals surface area contributed by atoms with E-state index in [1.54, 1.807) is 60.7 Å². The number of hydrogen-bond donors (Lipinski definition) is 0. The molecule has 0 fully saturated rings. The van der Waals surface area contributed by atoms with Crippen LogP contribution in [0.2, 0.25) is 0 Å². The van der Waals surface area contributed by atoms with E-state index >= 15 is 0 Å².